The molecule has 1 unspecified atom stereocenters. The van der Waals surface area contributed by atoms with Crippen molar-refractivity contribution >= 4 is 0 Å². The summed E-state index contributed by atoms with van der Waals surface area (Å²) in [4.78, 5) is 4.02. The number of hydrogen-bond donors (Lipinski definition) is 1. The SMILES string of the molecule is CCOCC(NCCc1ccncc1)C(C)C. The van der Waals surface area contributed by atoms with Crippen molar-refractivity contribution in [2.75, 3.05) is 19.8 Å². The van der Waals surface area contributed by atoms with Gasteiger partial charge in [0.25, 0.3) is 0 Å². The minimum Gasteiger partial charge on any atom is -0.380 e. The fraction of sp³-hybridized carbons (Fsp3) is 0.643. The van der Waals surface area contributed by atoms with Crippen LogP contribution in [0.1, 0.15) is 26.3 Å². The molecule has 1 N–H and O–H groups in total. The van der Waals surface area contributed by atoms with Crippen molar-refractivity contribution in [3.8, 4) is 0 Å². The summed E-state index contributed by atoms with van der Waals surface area (Å²) in [5.41, 5.74) is 1.33. The van der Waals surface area contributed by atoms with Gasteiger partial charge in [-0.3, -0.25) is 4.98 Å². The second kappa shape index (κ2) is 8.20. The second-order valence-corrected chi connectivity index (χ2v) is 4.57. The molecule has 0 amide bonds. The summed E-state index contributed by atoms with van der Waals surface area (Å²) < 4.78 is 5.49. The molecule has 0 radical (unpaired) electrons. The molecule has 1 aromatic heterocycles. The summed E-state index contributed by atoms with van der Waals surface area (Å²) in [6, 6.07) is 4.57. The Bertz CT molecular complexity index is 288. The summed E-state index contributed by atoms with van der Waals surface area (Å²) in [7, 11) is 0. The summed E-state index contributed by atoms with van der Waals surface area (Å²) in [6.07, 6.45) is 4.72. The molecule has 0 aliphatic carbocycles. The van der Waals surface area contributed by atoms with E-state index in [0.29, 0.717) is 12.0 Å². The van der Waals surface area contributed by atoms with E-state index in [1.54, 1.807) is 0 Å². The normalized spacial score (nSPS) is 12.9. The van der Waals surface area contributed by atoms with Crippen LogP contribution in [0.2, 0.25) is 0 Å². The molecule has 96 valence electrons. The molecule has 0 saturated heterocycles. The maximum Gasteiger partial charge on any atom is 0.0621 e. The maximum absolute atomic E-state index is 5.49. The predicted octanol–water partition coefficient (Wildman–Crippen LogP) is 2.27. The lowest BCUT2D eigenvalue weighted by Gasteiger charge is -2.22. The van der Waals surface area contributed by atoms with E-state index in [9.17, 15) is 0 Å². The third kappa shape index (κ3) is 5.80. The van der Waals surface area contributed by atoms with Gasteiger partial charge < -0.3 is 10.1 Å². The van der Waals surface area contributed by atoms with Crippen molar-refractivity contribution in [3.63, 3.8) is 0 Å². The van der Waals surface area contributed by atoms with Crippen LogP contribution in [0, 0.1) is 5.92 Å². The van der Waals surface area contributed by atoms with E-state index in [1.165, 1.54) is 5.56 Å². The van der Waals surface area contributed by atoms with E-state index >= 15 is 0 Å². The summed E-state index contributed by atoms with van der Waals surface area (Å²) >= 11 is 0. The van der Waals surface area contributed by atoms with Crippen LogP contribution >= 0.6 is 0 Å². The van der Waals surface area contributed by atoms with E-state index in [4.69, 9.17) is 4.74 Å². The van der Waals surface area contributed by atoms with Gasteiger partial charge in [-0.05, 0) is 43.5 Å². The fourth-order valence-corrected chi connectivity index (χ4v) is 1.68. The lowest BCUT2D eigenvalue weighted by molar-refractivity contribution is 0.108. The van der Waals surface area contributed by atoms with Crippen LogP contribution in [0.4, 0.5) is 0 Å². The monoisotopic (exact) mass is 236 g/mol. The van der Waals surface area contributed by atoms with Gasteiger partial charge in [-0.25, -0.2) is 0 Å². The smallest absolute Gasteiger partial charge is 0.0621 e. The third-order valence-corrected chi connectivity index (χ3v) is 2.88. The van der Waals surface area contributed by atoms with Crippen molar-refractivity contribution in [1.29, 1.82) is 0 Å². The number of rotatable bonds is 8. The van der Waals surface area contributed by atoms with E-state index in [2.05, 4.69) is 36.3 Å². The lowest BCUT2D eigenvalue weighted by Crippen LogP contribution is -2.39. The zero-order chi connectivity index (χ0) is 12.5. The van der Waals surface area contributed by atoms with Crippen LogP contribution in [0.5, 0.6) is 0 Å². The summed E-state index contributed by atoms with van der Waals surface area (Å²) in [5.74, 6) is 0.596. The van der Waals surface area contributed by atoms with Gasteiger partial charge >= 0.3 is 0 Å². The Morgan fingerprint density at radius 1 is 1.29 bits per heavy atom. The first-order chi connectivity index (χ1) is 8.24. The van der Waals surface area contributed by atoms with Gasteiger partial charge in [-0.2, -0.15) is 0 Å². The Morgan fingerprint density at radius 2 is 2.00 bits per heavy atom. The van der Waals surface area contributed by atoms with Gasteiger partial charge in [0.2, 0.25) is 0 Å². The Labute approximate surface area is 105 Å². The zero-order valence-corrected chi connectivity index (χ0v) is 11.1. The lowest BCUT2D eigenvalue weighted by atomic mass is 10.1. The average molecular weight is 236 g/mol. The van der Waals surface area contributed by atoms with E-state index < -0.39 is 0 Å². The molecule has 17 heavy (non-hydrogen) atoms. The molecular formula is C14H24N2O. The third-order valence-electron chi connectivity index (χ3n) is 2.88. The predicted molar refractivity (Wildman–Crippen MR) is 71.1 cm³/mol. The number of nitrogens with zero attached hydrogens (tertiary/aromatic N) is 1. The molecule has 0 aromatic carbocycles. The topological polar surface area (TPSA) is 34.1 Å². The van der Waals surface area contributed by atoms with Gasteiger partial charge in [0, 0.05) is 25.0 Å². The molecule has 0 saturated carbocycles. The minimum absolute atomic E-state index is 0.441. The van der Waals surface area contributed by atoms with Crippen LogP contribution < -0.4 is 5.32 Å². The molecule has 0 fully saturated rings. The Kier molecular flexibility index (Phi) is 6.82. The highest BCUT2D eigenvalue weighted by molar-refractivity contribution is 5.09. The summed E-state index contributed by atoms with van der Waals surface area (Å²) in [5, 5.41) is 3.56. The largest absolute Gasteiger partial charge is 0.380 e. The Balaban J connectivity index is 2.27. The van der Waals surface area contributed by atoms with Crippen LogP contribution in [-0.2, 0) is 11.2 Å². The molecule has 1 rings (SSSR count). The highest BCUT2D eigenvalue weighted by atomic mass is 16.5. The first kappa shape index (κ1) is 14.1. The minimum atomic E-state index is 0.441. The van der Waals surface area contributed by atoms with Crippen molar-refractivity contribution in [2.24, 2.45) is 5.92 Å². The quantitative estimate of drug-likeness (QED) is 0.752. The number of nitrogens with one attached hydrogen (secondary N) is 1. The van der Waals surface area contributed by atoms with Crippen molar-refractivity contribution in [3.05, 3.63) is 30.1 Å². The molecule has 0 bridgehead atoms. The molecule has 0 aliphatic heterocycles. The number of aromatic nitrogens is 1. The van der Waals surface area contributed by atoms with Crippen LogP contribution in [0.25, 0.3) is 0 Å². The van der Waals surface area contributed by atoms with Crippen LogP contribution in [-0.4, -0.2) is 30.8 Å². The average Bonchev–Trinajstić information content (AvgIpc) is 2.34. The molecule has 1 aromatic rings. The molecule has 3 nitrogen and oxygen atoms in total. The first-order valence-corrected chi connectivity index (χ1v) is 6.44. The number of pyridine rings is 1. The van der Waals surface area contributed by atoms with E-state index in [1.807, 2.05) is 19.3 Å². The molecule has 0 spiro atoms. The molecule has 0 aliphatic rings. The molecule has 1 atom stereocenters. The first-order valence-electron chi connectivity index (χ1n) is 6.44. The number of hydrogen-bond acceptors (Lipinski definition) is 3. The van der Waals surface area contributed by atoms with Crippen LogP contribution in [0.3, 0.4) is 0 Å². The Morgan fingerprint density at radius 3 is 2.59 bits per heavy atom. The van der Waals surface area contributed by atoms with Crippen molar-refractivity contribution < 1.29 is 4.74 Å². The maximum atomic E-state index is 5.49. The molecule has 1 heterocycles. The highest BCUT2D eigenvalue weighted by Gasteiger charge is 2.11. The van der Waals surface area contributed by atoms with E-state index in [-0.39, 0.29) is 0 Å². The highest BCUT2D eigenvalue weighted by Crippen LogP contribution is 2.03. The Hall–Kier alpha value is -0.930. The van der Waals surface area contributed by atoms with Crippen LogP contribution in [0.15, 0.2) is 24.5 Å². The van der Waals surface area contributed by atoms with Gasteiger partial charge in [0.05, 0.1) is 6.61 Å². The van der Waals surface area contributed by atoms with Crippen molar-refractivity contribution in [1.82, 2.24) is 10.3 Å². The zero-order valence-electron chi connectivity index (χ0n) is 11.1. The van der Waals surface area contributed by atoms with Gasteiger partial charge in [0.1, 0.15) is 0 Å². The summed E-state index contributed by atoms with van der Waals surface area (Å²) in [6.45, 7) is 9.06. The molecule has 3 heteroatoms. The van der Waals surface area contributed by atoms with Gasteiger partial charge in [0.15, 0.2) is 0 Å². The van der Waals surface area contributed by atoms with Gasteiger partial charge in [-0.1, -0.05) is 13.8 Å². The van der Waals surface area contributed by atoms with Crippen molar-refractivity contribution in [2.45, 2.75) is 33.2 Å². The standard InChI is InChI=1S/C14H24N2O/c1-4-17-11-14(12(2)3)16-10-7-13-5-8-15-9-6-13/h5-6,8-9,12,14,16H,4,7,10-11H2,1-3H3. The second-order valence-electron chi connectivity index (χ2n) is 4.57. The number of ether oxygens (including phenoxy) is 1. The fourth-order valence-electron chi connectivity index (χ4n) is 1.68. The molecular weight excluding hydrogens is 212 g/mol. The van der Waals surface area contributed by atoms with Gasteiger partial charge in [-0.15, -0.1) is 0 Å². The van der Waals surface area contributed by atoms with E-state index in [0.717, 1.165) is 26.2 Å².